The van der Waals surface area contributed by atoms with Crippen LogP contribution in [0.25, 0.3) is 0 Å². The Kier molecular flexibility index (Phi) is 4.79. The highest BCUT2D eigenvalue weighted by Gasteiger charge is 2.33. The molecule has 0 spiro atoms. The highest BCUT2D eigenvalue weighted by molar-refractivity contribution is 6.30. The summed E-state index contributed by atoms with van der Waals surface area (Å²) in [6.07, 6.45) is 1.50. The van der Waals surface area contributed by atoms with Crippen LogP contribution < -0.4 is 5.73 Å². The molecule has 0 aliphatic heterocycles. The van der Waals surface area contributed by atoms with Crippen molar-refractivity contribution in [2.45, 2.75) is 18.3 Å². The van der Waals surface area contributed by atoms with Crippen LogP contribution in [0.5, 0.6) is 0 Å². The molecule has 1 atom stereocenters. The van der Waals surface area contributed by atoms with Gasteiger partial charge >= 0.3 is 0 Å². The van der Waals surface area contributed by atoms with E-state index in [-0.39, 0.29) is 0 Å². The van der Waals surface area contributed by atoms with E-state index >= 15 is 0 Å². The smallest absolute Gasteiger partial charge is 0.107 e. The van der Waals surface area contributed by atoms with E-state index < -0.39 is 5.41 Å². The van der Waals surface area contributed by atoms with E-state index in [2.05, 4.69) is 6.07 Å². The molecule has 1 unspecified atom stereocenters. The van der Waals surface area contributed by atoms with Crippen molar-refractivity contribution in [3.8, 4) is 6.07 Å². The molecule has 0 saturated carbocycles. The van der Waals surface area contributed by atoms with Crippen LogP contribution in [0.1, 0.15) is 24.0 Å². The molecule has 102 valence electrons. The van der Waals surface area contributed by atoms with E-state index in [4.69, 9.17) is 17.3 Å². The van der Waals surface area contributed by atoms with Crippen molar-refractivity contribution in [3.63, 3.8) is 0 Å². The van der Waals surface area contributed by atoms with Crippen molar-refractivity contribution in [1.82, 2.24) is 0 Å². The molecule has 2 nitrogen and oxygen atoms in total. The highest BCUT2D eigenvalue weighted by atomic mass is 35.5. The molecule has 2 N–H and O–H groups in total. The first kappa shape index (κ1) is 14.6. The molecule has 2 aromatic rings. The Hall–Kier alpha value is -1.82. The van der Waals surface area contributed by atoms with Crippen LogP contribution in [-0.4, -0.2) is 6.54 Å². The van der Waals surface area contributed by atoms with Gasteiger partial charge in [0.2, 0.25) is 0 Å². The molecule has 20 heavy (non-hydrogen) atoms. The first-order valence-electron chi connectivity index (χ1n) is 6.66. The molecule has 3 heteroatoms. The van der Waals surface area contributed by atoms with E-state index in [0.29, 0.717) is 18.0 Å². The number of benzene rings is 2. The average Bonchev–Trinajstić information content (AvgIpc) is 2.51. The van der Waals surface area contributed by atoms with Gasteiger partial charge in [-0.2, -0.15) is 5.26 Å². The van der Waals surface area contributed by atoms with E-state index in [1.54, 1.807) is 0 Å². The topological polar surface area (TPSA) is 49.8 Å². The average molecular weight is 285 g/mol. The molecule has 0 radical (unpaired) electrons. The predicted octanol–water partition coefficient (Wildman–Crippen LogP) is 3.89. The van der Waals surface area contributed by atoms with Crippen molar-refractivity contribution >= 4 is 11.6 Å². The number of halogens is 1. The fourth-order valence-corrected chi connectivity index (χ4v) is 2.59. The zero-order chi connectivity index (χ0) is 14.4. The predicted molar refractivity (Wildman–Crippen MR) is 82.6 cm³/mol. The van der Waals surface area contributed by atoms with Gasteiger partial charge in [0.05, 0.1) is 6.07 Å². The number of hydrogen-bond acceptors (Lipinski definition) is 2. The summed E-state index contributed by atoms with van der Waals surface area (Å²) in [6.45, 7) is 0.573. The largest absolute Gasteiger partial charge is 0.330 e. The van der Waals surface area contributed by atoms with Gasteiger partial charge < -0.3 is 5.73 Å². The quantitative estimate of drug-likeness (QED) is 0.905. The maximum atomic E-state index is 9.86. The second-order valence-electron chi connectivity index (χ2n) is 4.78. The van der Waals surface area contributed by atoms with Gasteiger partial charge in [-0.05, 0) is 42.6 Å². The van der Waals surface area contributed by atoms with Gasteiger partial charge in [0.25, 0.3) is 0 Å². The molecule has 0 saturated heterocycles. The van der Waals surface area contributed by atoms with E-state index in [9.17, 15) is 5.26 Å². The summed E-state index contributed by atoms with van der Waals surface area (Å²) in [4.78, 5) is 0. The number of nitrogens with two attached hydrogens (primary N) is 1. The van der Waals surface area contributed by atoms with Crippen molar-refractivity contribution in [1.29, 1.82) is 5.26 Å². The fourth-order valence-electron chi connectivity index (χ4n) is 2.46. The molecule has 0 aliphatic rings. The van der Waals surface area contributed by atoms with Gasteiger partial charge in [-0.15, -0.1) is 0 Å². The summed E-state index contributed by atoms with van der Waals surface area (Å²) in [7, 11) is 0. The van der Waals surface area contributed by atoms with E-state index in [0.717, 1.165) is 17.5 Å². The van der Waals surface area contributed by atoms with Crippen molar-refractivity contribution in [3.05, 3.63) is 70.7 Å². The number of rotatable bonds is 5. The molecule has 2 rings (SSSR count). The Balaban J connectivity index is 2.53. The molecule has 0 fully saturated rings. The fraction of sp³-hybridized carbons (Fsp3) is 0.235. The molecule has 0 aromatic heterocycles. The zero-order valence-electron chi connectivity index (χ0n) is 11.2. The van der Waals surface area contributed by atoms with Crippen LogP contribution in [0, 0.1) is 11.3 Å². The van der Waals surface area contributed by atoms with Crippen molar-refractivity contribution in [2.24, 2.45) is 5.73 Å². The molecule has 0 amide bonds. The Morgan fingerprint density at radius 2 is 1.60 bits per heavy atom. The third-order valence-corrected chi connectivity index (χ3v) is 3.80. The second kappa shape index (κ2) is 6.56. The van der Waals surface area contributed by atoms with Crippen LogP contribution in [0.3, 0.4) is 0 Å². The lowest BCUT2D eigenvalue weighted by Gasteiger charge is -2.28. The third kappa shape index (κ3) is 2.85. The Morgan fingerprint density at radius 1 is 1.00 bits per heavy atom. The van der Waals surface area contributed by atoms with Gasteiger partial charge in [-0.3, -0.25) is 0 Å². The van der Waals surface area contributed by atoms with Crippen LogP contribution in [0.4, 0.5) is 0 Å². The monoisotopic (exact) mass is 284 g/mol. The maximum absolute atomic E-state index is 9.86. The Bertz CT molecular complexity index is 587. The Labute approximate surface area is 124 Å². The summed E-state index contributed by atoms with van der Waals surface area (Å²) in [5.74, 6) is 0. The summed E-state index contributed by atoms with van der Waals surface area (Å²) < 4.78 is 0. The van der Waals surface area contributed by atoms with Crippen LogP contribution in [-0.2, 0) is 5.41 Å². The van der Waals surface area contributed by atoms with Gasteiger partial charge in [0.1, 0.15) is 5.41 Å². The van der Waals surface area contributed by atoms with Gasteiger partial charge in [-0.25, -0.2) is 0 Å². The zero-order valence-corrected chi connectivity index (χ0v) is 12.0. The lowest BCUT2D eigenvalue weighted by molar-refractivity contribution is 0.567. The van der Waals surface area contributed by atoms with Crippen LogP contribution >= 0.6 is 11.6 Å². The number of hydrogen-bond donors (Lipinski definition) is 1. The summed E-state index contributed by atoms with van der Waals surface area (Å²) >= 11 is 5.95. The number of nitrogens with zero attached hydrogens (tertiary/aromatic N) is 1. The molecular weight excluding hydrogens is 268 g/mol. The Morgan fingerprint density at radius 3 is 2.15 bits per heavy atom. The minimum atomic E-state index is -0.661. The van der Waals surface area contributed by atoms with Gasteiger partial charge in [0.15, 0.2) is 0 Å². The van der Waals surface area contributed by atoms with E-state index in [1.165, 1.54) is 0 Å². The molecule has 2 aromatic carbocycles. The molecular formula is C17H17ClN2. The maximum Gasteiger partial charge on any atom is 0.107 e. The van der Waals surface area contributed by atoms with Crippen molar-refractivity contribution in [2.75, 3.05) is 6.54 Å². The lowest BCUT2D eigenvalue weighted by atomic mass is 9.72. The third-order valence-electron chi connectivity index (χ3n) is 3.55. The van der Waals surface area contributed by atoms with Gasteiger partial charge in [0, 0.05) is 5.02 Å². The lowest BCUT2D eigenvalue weighted by Crippen LogP contribution is -2.26. The van der Waals surface area contributed by atoms with Crippen LogP contribution in [0.2, 0.25) is 5.02 Å². The SMILES string of the molecule is N#CC(CCCN)(c1ccccc1)c1ccc(Cl)cc1. The first-order chi connectivity index (χ1) is 9.73. The first-order valence-corrected chi connectivity index (χ1v) is 7.03. The highest BCUT2D eigenvalue weighted by Crippen LogP contribution is 2.36. The molecule has 0 bridgehead atoms. The summed E-state index contributed by atoms with van der Waals surface area (Å²) in [5, 5.41) is 10.5. The normalized spacial score (nSPS) is 13.4. The summed E-state index contributed by atoms with van der Waals surface area (Å²) in [5.41, 5.74) is 6.94. The standard InChI is InChI=1S/C17H17ClN2/c18-16-9-7-15(8-10-16)17(13-20,11-4-12-19)14-5-2-1-3-6-14/h1-3,5-10H,4,11-12,19H2. The minimum absolute atomic E-state index is 0.573. The number of nitriles is 1. The minimum Gasteiger partial charge on any atom is -0.330 e. The van der Waals surface area contributed by atoms with E-state index in [1.807, 2.05) is 54.6 Å². The molecule has 0 aliphatic carbocycles. The van der Waals surface area contributed by atoms with Gasteiger partial charge in [-0.1, -0.05) is 54.1 Å². The molecule has 0 heterocycles. The summed E-state index contributed by atoms with van der Waals surface area (Å²) in [6, 6.07) is 19.9. The second-order valence-corrected chi connectivity index (χ2v) is 5.22. The van der Waals surface area contributed by atoms with Crippen LogP contribution in [0.15, 0.2) is 54.6 Å². The van der Waals surface area contributed by atoms with Crippen molar-refractivity contribution < 1.29 is 0 Å².